The molecule has 0 aliphatic rings. The van der Waals surface area contributed by atoms with Crippen LogP contribution in [0.1, 0.15) is 0 Å². The van der Waals surface area contributed by atoms with Gasteiger partial charge in [-0.05, 0) is 12.1 Å². The number of methoxy groups -OCH3 is 2. The van der Waals surface area contributed by atoms with E-state index < -0.39 is 11.9 Å². The molecule has 0 saturated heterocycles. The quantitative estimate of drug-likeness (QED) is 0.265. The molecule has 0 fully saturated rings. The van der Waals surface area contributed by atoms with E-state index in [0.717, 1.165) is 5.69 Å². The molecule has 1 aromatic carbocycles. The van der Waals surface area contributed by atoms with Crippen LogP contribution in [0.2, 0.25) is 0 Å². The van der Waals surface area contributed by atoms with Crippen molar-refractivity contribution in [2.24, 2.45) is 0 Å². The molecule has 0 saturated carbocycles. The molecule has 0 bridgehead atoms. The zero-order valence-corrected chi connectivity index (χ0v) is 10.1. The van der Waals surface area contributed by atoms with Gasteiger partial charge in [0.05, 0.1) is 19.9 Å². The Morgan fingerprint density at radius 1 is 1.06 bits per heavy atom. The van der Waals surface area contributed by atoms with Crippen molar-refractivity contribution in [3.8, 4) is 0 Å². The summed E-state index contributed by atoms with van der Waals surface area (Å²) in [6.45, 7) is 0. The van der Waals surface area contributed by atoms with Gasteiger partial charge in [-0.25, -0.2) is 9.59 Å². The summed E-state index contributed by atoms with van der Waals surface area (Å²) in [6.07, 6.45) is 1.19. The molecule has 0 unspecified atom stereocenters. The fourth-order valence-electron chi connectivity index (χ4n) is 1.13. The third kappa shape index (κ3) is 3.82. The topological polar surface area (TPSA) is 76.7 Å². The number of nitrogens with one attached hydrogen (secondary N) is 2. The second-order valence-corrected chi connectivity index (χ2v) is 3.18. The van der Waals surface area contributed by atoms with Crippen molar-refractivity contribution in [1.82, 2.24) is 5.43 Å². The van der Waals surface area contributed by atoms with Gasteiger partial charge in [0.2, 0.25) is 0 Å². The Kier molecular flexibility index (Phi) is 5.24. The summed E-state index contributed by atoms with van der Waals surface area (Å²) < 4.78 is 8.92. The summed E-state index contributed by atoms with van der Waals surface area (Å²) in [4.78, 5) is 22.6. The Morgan fingerprint density at radius 2 is 1.61 bits per heavy atom. The fourth-order valence-corrected chi connectivity index (χ4v) is 1.13. The number of anilines is 1. The Bertz CT molecular complexity index is 425. The zero-order chi connectivity index (χ0) is 13.4. The van der Waals surface area contributed by atoms with Gasteiger partial charge in [-0.3, -0.25) is 0 Å². The third-order valence-electron chi connectivity index (χ3n) is 2.02. The Morgan fingerprint density at radius 3 is 2.11 bits per heavy atom. The SMILES string of the molecule is COC(=O)C(=CNNc1ccccc1)C(=O)OC. The fraction of sp³-hybridized carbons (Fsp3) is 0.167. The van der Waals surface area contributed by atoms with Crippen molar-refractivity contribution in [3.05, 3.63) is 42.1 Å². The first kappa shape index (κ1) is 13.6. The van der Waals surface area contributed by atoms with E-state index in [9.17, 15) is 9.59 Å². The van der Waals surface area contributed by atoms with Crippen molar-refractivity contribution >= 4 is 17.6 Å². The smallest absolute Gasteiger partial charge is 0.346 e. The number of hydrogen-bond donors (Lipinski definition) is 2. The number of para-hydroxylation sites is 1. The minimum atomic E-state index is -0.774. The number of carbonyl (C=O) groups is 2. The minimum Gasteiger partial charge on any atom is -0.465 e. The summed E-state index contributed by atoms with van der Waals surface area (Å²) in [5, 5.41) is 0. The molecule has 0 aliphatic heterocycles. The van der Waals surface area contributed by atoms with E-state index in [2.05, 4.69) is 20.3 Å². The number of esters is 2. The maximum atomic E-state index is 11.3. The van der Waals surface area contributed by atoms with Gasteiger partial charge in [-0.15, -0.1) is 0 Å². The predicted molar refractivity (Wildman–Crippen MR) is 65.3 cm³/mol. The highest BCUT2D eigenvalue weighted by Gasteiger charge is 2.19. The van der Waals surface area contributed by atoms with E-state index in [4.69, 9.17) is 0 Å². The minimum absolute atomic E-state index is 0.233. The van der Waals surface area contributed by atoms with Gasteiger partial charge in [0, 0.05) is 6.20 Å². The average Bonchev–Trinajstić information content (AvgIpc) is 2.43. The second-order valence-electron chi connectivity index (χ2n) is 3.18. The van der Waals surface area contributed by atoms with E-state index in [-0.39, 0.29) is 5.57 Å². The first-order valence-electron chi connectivity index (χ1n) is 5.12. The van der Waals surface area contributed by atoms with Crippen LogP contribution in [0.4, 0.5) is 5.69 Å². The van der Waals surface area contributed by atoms with Crippen molar-refractivity contribution in [2.75, 3.05) is 19.6 Å². The van der Waals surface area contributed by atoms with Gasteiger partial charge in [-0.1, -0.05) is 18.2 Å². The molecule has 0 aromatic heterocycles. The molecule has 2 N–H and O–H groups in total. The van der Waals surface area contributed by atoms with Crippen molar-refractivity contribution < 1.29 is 19.1 Å². The first-order chi connectivity index (χ1) is 8.69. The number of carbonyl (C=O) groups excluding carboxylic acids is 2. The molecule has 0 atom stereocenters. The molecule has 1 rings (SSSR count). The van der Waals surface area contributed by atoms with Crippen LogP contribution in [0.25, 0.3) is 0 Å². The van der Waals surface area contributed by atoms with Crippen LogP contribution in [0.5, 0.6) is 0 Å². The molecule has 0 aliphatic carbocycles. The molecule has 0 radical (unpaired) electrons. The molecule has 1 aromatic rings. The van der Waals surface area contributed by atoms with Crippen molar-refractivity contribution in [1.29, 1.82) is 0 Å². The van der Waals surface area contributed by atoms with Crippen LogP contribution in [-0.2, 0) is 19.1 Å². The molecule has 96 valence electrons. The summed E-state index contributed by atoms with van der Waals surface area (Å²) in [5.74, 6) is -1.55. The predicted octanol–water partition coefficient (Wildman–Crippen LogP) is 0.833. The van der Waals surface area contributed by atoms with Crippen molar-refractivity contribution in [2.45, 2.75) is 0 Å². The Labute approximate surface area is 105 Å². The van der Waals surface area contributed by atoms with Crippen LogP contribution in [0.3, 0.4) is 0 Å². The largest absolute Gasteiger partial charge is 0.465 e. The van der Waals surface area contributed by atoms with Crippen LogP contribution in [-0.4, -0.2) is 26.2 Å². The van der Waals surface area contributed by atoms with E-state index in [1.54, 1.807) is 0 Å². The lowest BCUT2D eigenvalue weighted by Crippen LogP contribution is -2.22. The van der Waals surface area contributed by atoms with Crippen LogP contribution in [0, 0.1) is 0 Å². The molecule has 6 nitrogen and oxygen atoms in total. The van der Waals surface area contributed by atoms with Gasteiger partial charge in [0.25, 0.3) is 0 Å². The normalized spacial score (nSPS) is 9.00. The maximum Gasteiger partial charge on any atom is 0.346 e. The van der Waals surface area contributed by atoms with Gasteiger partial charge >= 0.3 is 11.9 Å². The lowest BCUT2D eigenvalue weighted by molar-refractivity contribution is -0.144. The highest BCUT2D eigenvalue weighted by molar-refractivity contribution is 6.13. The standard InChI is InChI=1S/C12H14N2O4/c1-17-11(15)10(12(16)18-2)8-13-14-9-6-4-3-5-7-9/h3-8,13-14H,1-2H3. The van der Waals surface area contributed by atoms with Gasteiger partial charge < -0.3 is 20.3 Å². The maximum absolute atomic E-state index is 11.3. The summed E-state index contributed by atoms with van der Waals surface area (Å²) in [7, 11) is 2.37. The van der Waals surface area contributed by atoms with Gasteiger partial charge in [0.1, 0.15) is 0 Å². The first-order valence-corrected chi connectivity index (χ1v) is 5.12. The number of ether oxygens (including phenoxy) is 2. The lowest BCUT2D eigenvalue weighted by Gasteiger charge is -2.07. The molecule has 6 heteroatoms. The van der Waals surface area contributed by atoms with Gasteiger partial charge in [-0.2, -0.15) is 0 Å². The van der Waals surface area contributed by atoms with Crippen LogP contribution in [0.15, 0.2) is 42.1 Å². The number of rotatable bonds is 5. The Balaban J connectivity index is 2.66. The van der Waals surface area contributed by atoms with Crippen LogP contribution < -0.4 is 10.9 Å². The number of hydrogen-bond acceptors (Lipinski definition) is 6. The number of benzene rings is 1. The van der Waals surface area contributed by atoms with E-state index in [0.29, 0.717) is 0 Å². The molecular formula is C12H14N2O4. The molecule has 18 heavy (non-hydrogen) atoms. The molecule has 0 amide bonds. The lowest BCUT2D eigenvalue weighted by atomic mass is 10.3. The van der Waals surface area contributed by atoms with E-state index in [1.807, 2.05) is 30.3 Å². The number of hydrazine groups is 1. The third-order valence-corrected chi connectivity index (χ3v) is 2.02. The molecule has 0 spiro atoms. The molecule has 0 heterocycles. The summed E-state index contributed by atoms with van der Waals surface area (Å²) in [6, 6.07) is 9.19. The van der Waals surface area contributed by atoms with Crippen LogP contribution >= 0.6 is 0 Å². The second kappa shape index (κ2) is 6.95. The monoisotopic (exact) mass is 250 g/mol. The molecular weight excluding hydrogens is 236 g/mol. The summed E-state index contributed by atoms with van der Waals surface area (Å²) in [5.41, 5.74) is 5.96. The highest BCUT2D eigenvalue weighted by Crippen LogP contribution is 2.03. The zero-order valence-electron chi connectivity index (χ0n) is 10.1. The Hall–Kier alpha value is -2.50. The average molecular weight is 250 g/mol. The van der Waals surface area contributed by atoms with E-state index in [1.165, 1.54) is 20.4 Å². The van der Waals surface area contributed by atoms with Crippen molar-refractivity contribution in [3.63, 3.8) is 0 Å². The highest BCUT2D eigenvalue weighted by atomic mass is 16.5. The van der Waals surface area contributed by atoms with E-state index >= 15 is 0 Å². The summed E-state index contributed by atoms with van der Waals surface area (Å²) >= 11 is 0. The van der Waals surface area contributed by atoms with Gasteiger partial charge in [0.15, 0.2) is 5.57 Å².